The molecule has 0 fully saturated rings. The van der Waals surface area contributed by atoms with Crippen LogP contribution in [0.15, 0.2) is 86.1 Å². The van der Waals surface area contributed by atoms with E-state index in [0.29, 0.717) is 32.1 Å². The first kappa shape index (κ1) is 25.1. The molecule has 0 bridgehead atoms. The Bertz CT molecular complexity index is 1780. The van der Waals surface area contributed by atoms with Crippen molar-refractivity contribution in [1.29, 1.82) is 0 Å². The van der Waals surface area contributed by atoms with Crippen molar-refractivity contribution in [3.8, 4) is 11.3 Å². The van der Waals surface area contributed by atoms with E-state index in [1.54, 1.807) is 38.1 Å². The Hall–Kier alpha value is -4.57. The van der Waals surface area contributed by atoms with Crippen LogP contribution in [-0.4, -0.2) is 22.1 Å². The number of nitrogens with zero attached hydrogens (tertiary/aromatic N) is 3. The molecule has 192 valence electrons. The van der Waals surface area contributed by atoms with Gasteiger partial charge in [-0.2, -0.15) is 0 Å². The maximum Gasteiger partial charge on any atom is 0.338 e. The van der Waals surface area contributed by atoms with Gasteiger partial charge in [0.15, 0.2) is 4.80 Å². The smallest absolute Gasteiger partial charge is 0.338 e. The Morgan fingerprint density at radius 3 is 2.66 bits per heavy atom. The zero-order chi connectivity index (χ0) is 27.0. The summed E-state index contributed by atoms with van der Waals surface area (Å²) in [5, 5.41) is 11.3. The van der Waals surface area contributed by atoms with Crippen LogP contribution in [0.4, 0.5) is 5.69 Å². The van der Waals surface area contributed by atoms with Crippen molar-refractivity contribution in [2.75, 3.05) is 6.61 Å². The molecular formula is C28H23N3O6S. The molecule has 0 spiro atoms. The van der Waals surface area contributed by atoms with Gasteiger partial charge in [0.1, 0.15) is 17.6 Å². The molecule has 0 aliphatic carbocycles. The van der Waals surface area contributed by atoms with Crippen molar-refractivity contribution >= 4 is 29.1 Å². The molecule has 1 atom stereocenters. The molecule has 0 N–H and O–H groups in total. The number of esters is 1. The van der Waals surface area contributed by atoms with Gasteiger partial charge in [-0.1, -0.05) is 47.7 Å². The zero-order valence-electron chi connectivity index (χ0n) is 20.8. The molecule has 10 heteroatoms. The molecule has 1 aliphatic rings. The molecule has 1 aliphatic heterocycles. The number of furan rings is 1. The minimum atomic E-state index is -0.920. The molecule has 0 saturated carbocycles. The lowest BCUT2D eigenvalue weighted by molar-refractivity contribution is -0.384. The predicted molar refractivity (Wildman–Crippen MR) is 142 cm³/mol. The number of allylic oxidation sites excluding steroid dienone is 1. The van der Waals surface area contributed by atoms with Crippen LogP contribution in [0.2, 0.25) is 0 Å². The van der Waals surface area contributed by atoms with E-state index < -0.39 is 16.9 Å². The lowest BCUT2D eigenvalue weighted by Gasteiger charge is -2.22. The number of carbonyl (C=O) groups excluding carboxylic acids is 1. The highest BCUT2D eigenvalue weighted by Crippen LogP contribution is 2.36. The van der Waals surface area contributed by atoms with E-state index in [-0.39, 0.29) is 23.4 Å². The van der Waals surface area contributed by atoms with Gasteiger partial charge in [-0.3, -0.25) is 19.5 Å². The van der Waals surface area contributed by atoms with E-state index in [2.05, 4.69) is 4.99 Å². The monoisotopic (exact) mass is 529 g/mol. The highest BCUT2D eigenvalue weighted by atomic mass is 32.1. The molecule has 0 saturated heterocycles. The molecular weight excluding hydrogens is 506 g/mol. The first-order valence-corrected chi connectivity index (χ1v) is 12.7. The van der Waals surface area contributed by atoms with Crippen LogP contribution >= 0.6 is 11.3 Å². The number of non-ortho nitro benzene ring substituents is 1. The fraction of sp³-hybridized carbons (Fsp3) is 0.179. The van der Waals surface area contributed by atoms with Gasteiger partial charge in [0.05, 0.1) is 27.3 Å². The summed E-state index contributed by atoms with van der Waals surface area (Å²) in [5.41, 5.74) is 2.41. The third-order valence-corrected chi connectivity index (χ3v) is 7.19. The molecule has 5 rings (SSSR count). The maximum atomic E-state index is 13.7. The van der Waals surface area contributed by atoms with Crippen molar-refractivity contribution in [3.63, 3.8) is 0 Å². The Labute approximate surface area is 220 Å². The number of ether oxygens (including phenoxy) is 1. The van der Waals surface area contributed by atoms with Crippen LogP contribution in [0.25, 0.3) is 17.4 Å². The molecule has 2 aromatic carbocycles. The second-order valence-electron chi connectivity index (χ2n) is 8.67. The standard InChI is InChI=1S/C28H23N3O6S/c1-4-36-27(33)24-17(3)29-28-30(26(32)23(38-28)14-18-8-6-5-7-9-18)25(24)22-13-12-21(37-22)20-15-19(31(34)35)11-10-16(20)2/h5-15,25H,4H2,1-3H3/b23-14-/t25-/m1/s1. The predicted octanol–water partition coefficient (Wildman–Crippen LogP) is 4.27. The minimum Gasteiger partial charge on any atom is -0.463 e. The van der Waals surface area contributed by atoms with Crippen molar-refractivity contribution in [1.82, 2.24) is 4.57 Å². The van der Waals surface area contributed by atoms with Gasteiger partial charge in [0.25, 0.3) is 11.2 Å². The van der Waals surface area contributed by atoms with Crippen molar-refractivity contribution in [2.24, 2.45) is 4.99 Å². The number of fused-ring (bicyclic) bond motifs is 1. The van der Waals surface area contributed by atoms with Crippen LogP contribution in [0.5, 0.6) is 0 Å². The Morgan fingerprint density at radius 1 is 1.18 bits per heavy atom. The largest absolute Gasteiger partial charge is 0.463 e. The van der Waals surface area contributed by atoms with E-state index in [4.69, 9.17) is 9.15 Å². The first-order chi connectivity index (χ1) is 18.3. The summed E-state index contributed by atoms with van der Waals surface area (Å²) in [7, 11) is 0. The van der Waals surface area contributed by atoms with Gasteiger partial charge in [0.2, 0.25) is 0 Å². The summed E-state index contributed by atoms with van der Waals surface area (Å²) in [5.74, 6) is 0.0988. The summed E-state index contributed by atoms with van der Waals surface area (Å²) in [4.78, 5) is 42.6. The Kier molecular flexibility index (Phi) is 6.64. The van der Waals surface area contributed by atoms with Gasteiger partial charge in [-0.25, -0.2) is 9.79 Å². The molecule has 9 nitrogen and oxygen atoms in total. The highest BCUT2D eigenvalue weighted by molar-refractivity contribution is 7.07. The summed E-state index contributed by atoms with van der Waals surface area (Å²) in [6.45, 7) is 5.37. The summed E-state index contributed by atoms with van der Waals surface area (Å²) < 4.78 is 13.4. The quantitative estimate of drug-likeness (QED) is 0.209. The first-order valence-electron chi connectivity index (χ1n) is 11.9. The zero-order valence-corrected chi connectivity index (χ0v) is 21.7. The van der Waals surface area contributed by atoms with E-state index >= 15 is 0 Å². The number of rotatable bonds is 6. The van der Waals surface area contributed by atoms with Crippen LogP contribution in [-0.2, 0) is 9.53 Å². The molecule has 2 aromatic heterocycles. The lowest BCUT2D eigenvalue weighted by atomic mass is 10.0. The highest BCUT2D eigenvalue weighted by Gasteiger charge is 2.35. The van der Waals surface area contributed by atoms with Gasteiger partial charge < -0.3 is 9.15 Å². The van der Waals surface area contributed by atoms with Crippen LogP contribution in [0.3, 0.4) is 0 Å². The normalized spacial score (nSPS) is 15.2. The topological polar surface area (TPSA) is 117 Å². The number of nitro benzene ring substituents is 1. The second-order valence-corrected chi connectivity index (χ2v) is 9.68. The second kappa shape index (κ2) is 10.1. The molecule has 3 heterocycles. The number of hydrogen-bond donors (Lipinski definition) is 0. The lowest BCUT2D eigenvalue weighted by Crippen LogP contribution is -2.39. The SMILES string of the molecule is CCOC(=O)C1=C(C)N=c2s/c(=C\c3ccccc3)c(=O)n2[C@@H]1c1ccc(-c2cc([N+](=O)[O-])ccc2C)o1. The number of aromatic nitrogens is 1. The van der Waals surface area contributed by atoms with Gasteiger partial charge >= 0.3 is 5.97 Å². The third-order valence-electron chi connectivity index (χ3n) is 6.21. The number of benzene rings is 2. The number of hydrogen-bond acceptors (Lipinski definition) is 8. The minimum absolute atomic E-state index is 0.0691. The summed E-state index contributed by atoms with van der Waals surface area (Å²) >= 11 is 1.22. The molecule has 0 unspecified atom stereocenters. The number of thiazole rings is 1. The van der Waals surface area contributed by atoms with Crippen LogP contribution in [0.1, 0.15) is 36.8 Å². The van der Waals surface area contributed by atoms with Crippen LogP contribution in [0, 0.1) is 17.0 Å². The van der Waals surface area contributed by atoms with E-state index in [0.717, 1.165) is 11.1 Å². The average Bonchev–Trinajstić information content (AvgIpc) is 3.49. The van der Waals surface area contributed by atoms with Crippen molar-refractivity contribution in [3.05, 3.63) is 119 Å². The maximum absolute atomic E-state index is 13.7. The average molecular weight is 530 g/mol. The van der Waals surface area contributed by atoms with E-state index in [1.165, 1.54) is 28.0 Å². The van der Waals surface area contributed by atoms with Crippen molar-refractivity contribution < 1.29 is 18.9 Å². The number of carbonyl (C=O) groups is 1. The Balaban J connectivity index is 1.70. The third kappa shape index (κ3) is 4.50. The Morgan fingerprint density at radius 2 is 1.95 bits per heavy atom. The molecule has 0 amide bonds. The van der Waals surface area contributed by atoms with E-state index in [9.17, 15) is 19.7 Å². The number of nitro groups is 1. The summed E-state index contributed by atoms with van der Waals surface area (Å²) in [6, 6.07) is 16.4. The van der Waals surface area contributed by atoms with Crippen molar-refractivity contribution in [2.45, 2.75) is 26.8 Å². The molecule has 0 radical (unpaired) electrons. The van der Waals surface area contributed by atoms with Crippen LogP contribution < -0.4 is 14.9 Å². The van der Waals surface area contributed by atoms with Gasteiger partial charge in [0, 0.05) is 17.7 Å². The van der Waals surface area contributed by atoms with Gasteiger partial charge in [-0.05, 0) is 50.1 Å². The molecule has 4 aromatic rings. The fourth-order valence-corrected chi connectivity index (χ4v) is 5.44. The molecule has 38 heavy (non-hydrogen) atoms. The fourth-order valence-electron chi connectivity index (χ4n) is 4.39. The number of aryl methyl sites for hydroxylation is 1. The summed E-state index contributed by atoms with van der Waals surface area (Å²) in [6.07, 6.45) is 1.78. The van der Waals surface area contributed by atoms with E-state index in [1.807, 2.05) is 37.3 Å². The van der Waals surface area contributed by atoms with Gasteiger partial charge in [-0.15, -0.1) is 0 Å².